The van der Waals surface area contributed by atoms with Crippen molar-refractivity contribution in [3.8, 4) is 11.5 Å². The Morgan fingerprint density at radius 2 is 1.69 bits per heavy atom. The molecule has 0 atom stereocenters. The van der Waals surface area contributed by atoms with Crippen LogP contribution in [0, 0.1) is 0 Å². The summed E-state index contributed by atoms with van der Waals surface area (Å²) < 4.78 is 33.9. The number of sulfonamides is 1. The Kier molecular flexibility index (Phi) is 7.40. The number of carbonyl (C=O) groups excluding carboxylic acids is 1. The first-order chi connectivity index (χ1) is 16.9. The van der Waals surface area contributed by atoms with E-state index in [4.69, 9.17) is 4.74 Å². The average molecular weight is 506 g/mol. The fourth-order valence-electron chi connectivity index (χ4n) is 3.35. The van der Waals surface area contributed by atoms with Gasteiger partial charge in [0.15, 0.2) is 5.13 Å². The van der Waals surface area contributed by atoms with Gasteiger partial charge in [-0.2, -0.15) is 4.31 Å². The number of amides is 1. The molecule has 1 aromatic heterocycles. The van der Waals surface area contributed by atoms with Gasteiger partial charge in [-0.15, -0.1) is 13.2 Å². The van der Waals surface area contributed by atoms with E-state index in [1.807, 2.05) is 18.2 Å². The lowest BCUT2D eigenvalue weighted by Gasteiger charge is -2.18. The van der Waals surface area contributed by atoms with Gasteiger partial charge in [0.25, 0.3) is 5.91 Å². The van der Waals surface area contributed by atoms with Gasteiger partial charge in [0.2, 0.25) is 10.0 Å². The molecule has 9 heteroatoms. The molecule has 1 N–H and O–H groups in total. The van der Waals surface area contributed by atoms with Crippen LogP contribution in [-0.4, -0.2) is 36.7 Å². The first-order valence-corrected chi connectivity index (χ1v) is 12.9. The number of para-hydroxylation sites is 2. The molecule has 0 aliphatic heterocycles. The second kappa shape index (κ2) is 10.6. The quantitative estimate of drug-likeness (QED) is 0.279. The van der Waals surface area contributed by atoms with Crippen LogP contribution in [-0.2, 0) is 10.0 Å². The lowest BCUT2D eigenvalue weighted by atomic mass is 10.2. The monoisotopic (exact) mass is 505 g/mol. The standard InChI is InChI=1S/C26H23N3O4S2/c1-3-16-29(17-4-2)35(31,32)20-14-15-22-24(18-20)34-26(27-22)28-25(30)21-12-8-9-13-23(21)33-19-10-6-5-7-11-19/h3-15,18H,1-2,16-17H2,(H,27,28,30). The van der Waals surface area contributed by atoms with Gasteiger partial charge in [-0.05, 0) is 42.5 Å². The number of hydrogen-bond acceptors (Lipinski definition) is 6. The number of ether oxygens (including phenoxy) is 1. The van der Waals surface area contributed by atoms with Crippen molar-refractivity contribution in [1.29, 1.82) is 0 Å². The number of aromatic nitrogens is 1. The molecule has 7 nitrogen and oxygen atoms in total. The lowest BCUT2D eigenvalue weighted by molar-refractivity contribution is 0.102. The third-order valence-corrected chi connectivity index (χ3v) is 7.75. The largest absolute Gasteiger partial charge is 0.457 e. The Morgan fingerprint density at radius 3 is 2.40 bits per heavy atom. The molecule has 0 spiro atoms. The second-order valence-electron chi connectivity index (χ2n) is 7.41. The minimum Gasteiger partial charge on any atom is -0.457 e. The predicted molar refractivity (Wildman–Crippen MR) is 140 cm³/mol. The van der Waals surface area contributed by atoms with Gasteiger partial charge < -0.3 is 4.74 Å². The smallest absolute Gasteiger partial charge is 0.261 e. The molecule has 0 saturated carbocycles. The normalized spacial score (nSPS) is 11.3. The van der Waals surface area contributed by atoms with E-state index in [-0.39, 0.29) is 23.9 Å². The number of rotatable bonds is 10. The fourth-order valence-corrected chi connectivity index (χ4v) is 5.73. The molecule has 0 unspecified atom stereocenters. The van der Waals surface area contributed by atoms with Crippen LogP contribution < -0.4 is 10.1 Å². The third-order valence-electron chi connectivity index (χ3n) is 4.99. The first kappa shape index (κ1) is 24.3. The highest BCUT2D eigenvalue weighted by atomic mass is 32.2. The molecule has 0 bridgehead atoms. The van der Waals surface area contributed by atoms with Crippen molar-refractivity contribution in [1.82, 2.24) is 9.29 Å². The van der Waals surface area contributed by atoms with Crippen molar-refractivity contribution in [3.63, 3.8) is 0 Å². The molecule has 178 valence electrons. The van der Waals surface area contributed by atoms with Crippen LogP contribution in [0.15, 0.2) is 103 Å². The van der Waals surface area contributed by atoms with Crippen LogP contribution in [0.4, 0.5) is 5.13 Å². The Hall–Kier alpha value is -3.79. The maximum absolute atomic E-state index is 13.0. The van der Waals surface area contributed by atoms with Crippen molar-refractivity contribution in [2.24, 2.45) is 0 Å². The van der Waals surface area contributed by atoms with E-state index in [1.54, 1.807) is 48.5 Å². The van der Waals surface area contributed by atoms with Crippen LogP contribution in [0.2, 0.25) is 0 Å². The van der Waals surface area contributed by atoms with Crippen LogP contribution >= 0.6 is 11.3 Å². The molecule has 0 radical (unpaired) electrons. The van der Waals surface area contributed by atoms with Gasteiger partial charge in [-0.1, -0.05) is 53.8 Å². The molecule has 1 amide bonds. The number of nitrogens with zero attached hydrogens (tertiary/aromatic N) is 2. The summed E-state index contributed by atoms with van der Waals surface area (Å²) in [6.07, 6.45) is 3.05. The van der Waals surface area contributed by atoms with E-state index >= 15 is 0 Å². The minimum atomic E-state index is -3.74. The Morgan fingerprint density at radius 1 is 1.00 bits per heavy atom. The summed E-state index contributed by atoms with van der Waals surface area (Å²) in [5.74, 6) is 0.644. The van der Waals surface area contributed by atoms with Crippen LogP contribution in [0.3, 0.4) is 0 Å². The molecule has 0 fully saturated rings. The molecule has 1 heterocycles. The van der Waals surface area contributed by atoms with Crippen molar-refractivity contribution < 1.29 is 17.9 Å². The highest BCUT2D eigenvalue weighted by Crippen LogP contribution is 2.31. The maximum atomic E-state index is 13.0. The van der Waals surface area contributed by atoms with Crippen molar-refractivity contribution in [2.45, 2.75) is 4.90 Å². The Balaban J connectivity index is 1.58. The highest BCUT2D eigenvalue weighted by molar-refractivity contribution is 7.89. The van der Waals surface area contributed by atoms with Crippen LogP contribution in [0.1, 0.15) is 10.4 Å². The van der Waals surface area contributed by atoms with Crippen molar-refractivity contribution in [3.05, 3.63) is 104 Å². The molecular weight excluding hydrogens is 482 g/mol. The molecule has 3 aromatic carbocycles. The first-order valence-electron chi connectivity index (χ1n) is 10.7. The van der Waals surface area contributed by atoms with Gasteiger partial charge in [0.1, 0.15) is 11.5 Å². The summed E-state index contributed by atoms with van der Waals surface area (Å²) in [6, 6.07) is 20.8. The van der Waals surface area contributed by atoms with E-state index in [1.165, 1.54) is 33.9 Å². The Labute approximate surface area is 208 Å². The summed E-state index contributed by atoms with van der Waals surface area (Å²) >= 11 is 1.19. The topological polar surface area (TPSA) is 88.6 Å². The number of thiazole rings is 1. The zero-order chi connectivity index (χ0) is 24.8. The number of hydrogen-bond donors (Lipinski definition) is 1. The highest BCUT2D eigenvalue weighted by Gasteiger charge is 2.23. The van der Waals surface area contributed by atoms with Gasteiger partial charge in [-0.3, -0.25) is 10.1 Å². The Bertz CT molecular complexity index is 1470. The van der Waals surface area contributed by atoms with Gasteiger partial charge in [-0.25, -0.2) is 13.4 Å². The summed E-state index contributed by atoms with van der Waals surface area (Å²) in [6.45, 7) is 7.59. The van der Waals surface area contributed by atoms with E-state index in [9.17, 15) is 13.2 Å². The van der Waals surface area contributed by atoms with Crippen LogP contribution in [0.5, 0.6) is 11.5 Å². The summed E-state index contributed by atoms with van der Waals surface area (Å²) in [5, 5.41) is 3.15. The molecule has 0 aliphatic rings. The minimum absolute atomic E-state index is 0.136. The van der Waals surface area contributed by atoms with Gasteiger partial charge in [0, 0.05) is 13.1 Å². The van der Waals surface area contributed by atoms with E-state index in [2.05, 4.69) is 23.5 Å². The predicted octanol–water partition coefficient (Wildman–Crippen LogP) is 5.70. The second-order valence-corrected chi connectivity index (χ2v) is 10.4. The van der Waals surface area contributed by atoms with Crippen molar-refractivity contribution in [2.75, 3.05) is 18.4 Å². The van der Waals surface area contributed by atoms with E-state index in [0.29, 0.717) is 32.4 Å². The number of benzene rings is 3. The summed E-state index contributed by atoms with van der Waals surface area (Å²) in [7, 11) is -3.74. The van der Waals surface area contributed by atoms with Gasteiger partial charge >= 0.3 is 0 Å². The number of carbonyl (C=O) groups is 1. The number of fused-ring (bicyclic) bond motifs is 1. The van der Waals surface area contributed by atoms with Crippen molar-refractivity contribution >= 4 is 42.6 Å². The summed E-state index contributed by atoms with van der Waals surface area (Å²) in [4.78, 5) is 17.6. The fraction of sp³-hybridized carbons (Fsp3) is 0.0769. The molecule has 4 aromatic rings. The molecule has 0 aliphatic carbocycles. The molecule has 35 heavy (non-hydrogen) atoms. The lowest BCUT2D eigenvalue weighted by Crippen LogP contribution is -2.31. The molecular formula is C26H23N3O4S2. The number of nitrogens with one attached hydrogen (secondary N) is 1. The van der Waals surface area contributed by atoms with Crippen LogP contribution in [0.25, 0.3) is 10.2 Å². The average Bonchev–Trinajstić information content (AvgIpc) is 3.26. The van der Waals surface area contributed by atoms with E-state index in [0.717, 1.165) is 0 Å². The molecule has 0 saturated heterocycles. The third kappa shape index (κ3) is 5.48. The zero-order valence-corrected chi connectivity index (χ0v) is 20.4. The maximum Gasteiger partial charge on any atom is 0.261 e. The van der Waals surface area contributed by atoms with E-state index < -0.39 is 10.0 Å². The zero-order valence-electron chi connectivity index (χ0n) is 18.8. The molecule has 4 rings (SSSR count). The number of anilines is 1. The summed E-state index contributed by atoms with van der Waals surface area (Å²) in [5.41, 5.74) is 0.931. The van der Waals surface area contributed by atoms with Gasteiger partial charge in [0.05, 0.1) is 20.7 Å². The SMILES string of the molecule is C=CCN(CC=C)S(=O)(=O)c1ccc2nc(NC(=O)c3ccccc3Oc3ccccc3)sc2c1.